The van der Waals surface area contributed by atoms with Crippen molar-refractivity contribution in [2.75, 3.05) is 0 Å². The number of H-pyrrole nitrogens is 1. The van der Waals surface area contributed by atoms with E-state index >= 15 is 0 Å². The lowest BCUT2D eigenvalue weighted by Crippen LogP contribution is -2.42. The van der Waals surface area contributed by atoms with Crippen LogP contribution in [0.3, 0.4) is 0 Å². The first-order valence-corrected chi connectivity index (χ1v) is 7.25. The summed E-state index contributed by atoms with van der Waals surface area (Å²) in [6, 6.07) is 0. The first-order chi connectivity index (χ1) is 11.0. The second-order valence-electron chi connectivity index (χ2n) is 5.28. The van der Waals surface area contributed by atoms with E-state index in [1.165, 1.54) is 40.5 Å². The normalized spacial score (nSPS) is 20.7. The van der Waals surface area contributed by atoms with Gasteiger partial charge in [0, 0.05) is 12.0 Å². The maximum atomic E-state index is 14.3. The molecule has 0 bridgehead atoms. The number of aliphatic hydroxyl groups is 1. The van der Waals surface area contributed by atoms with Gasteiger partial charge < -0.3 is 5.11 Å². The van der Waals surface area contributed by atoms with E-state index in [0.717, 1.165) is 0 Å². The lowest BCUT2D eigenvalue weighted by atomic mass is 9.88. The Morgan fingerprint density at radius 2 is 2.30 bits per heavy atom. The van der Waals surface area contributed by atoms with Crippen LogP contribution < -0.4 is 0 Å². The Bertz CT molecular complexity index is 796. The number of alkyl halides is 1. The third kappa shape index (κ3) is 3.27. The van der Waals surface area contributed by atoms with E-state index in [-0.39, 0.29) is 23.4 Å². The molecule has 0 saturated heterocycles. The predicted octanol–water partition coefficient (Wildman–Crippen LogP) is 1.49. The molecule has 2 N–H and O–H groups in total. The summed E-state index contributed by atoms with van der Waals surface area (Å²) in [5.41, 5.74) is -1.70. The molecule has 0 spiro atoms. The number of allylic oxidation sites excluding steroid dienone is 2. The molecule has 10 heteroatoms. The molecule has 0 aliphatic heterocycles. The van der Waals surface area contributed by atoms with Crippen molar-refractivity contribution in [1.29, 1.82) is 0 Å². The van der Waals surface area contributed by atoms with Crippen LogP contribution in [-0.4, -0.2) is 46.4 Å². The number of halogens is 2. The fourth-order valence-electron chi connectivity index (χ4n) is 2.50. The smallest absolute Gasteiger partial charge is 0.215 e. The monoisotopic (exact) mass is 340 g/mol. The molecule has 2 aromatic heterocycles. The van der Waals surface area contributed by atoms with Crippen LogP contribution in [0.1, 0.15) is 6.42 Å². The molecule has 0 fully saturated rings. The molecule has 7 nitrogen and oxygen atoms in total. The Labute approximate surface area is 135 Å². The summed E-state index contributed by atoms with van der Waals surface area (Å²) in [5, 5.41) is 17.8. The second kappa shape index (κ2) is 6.13. The molecule has 2 aromatic rings. The molecule has 2 unspecified atom stereocenters. The van der Waals surface area contributed by atoms with Gasteiger partial charge in [0.2, 0.25) is 4.77 Å². The van der Waals surface area contributed by atoms with Gasteiger partial charge in [-0.05, 0) is 18.3 Å². The molecule has 0 saturated carbocycles. The van der Waals surface area contributed by atoms with Crippen molar-refractivity contribution in [2.24, 2.45) is 0 Å². The Morgan fingerprint density at radius 1 is 1.48 bits per heavy atom. The number of aromatic amines is 1. The zero-order chi connectivity index (χ0) is 16.4. The van der Waals surface area contributed by atoms with Gasteiger partial charge in [0.25, 0.3) is 0 Å². The van der Waals surface area contributed by atoms with Crippen molar-refractivity contribution in [3.05, 3.63) is 47.3 Å². The summed E-state index contributed by atoms with van der Waals surface area (Å²) in [5.74, 6) is -0.700. The third-order valence-electron chi connectivity index (χ3n) is 3.57. The van der Waals surface area contributed by atoms with Crippen LogP contribution in [-0.2, 0) is 13.1 Å². The lowest BCUT2D eigenvalue weighted by Gasteiger charge is -2.31. The van der Waals surface area contributed by atoms with Gasteiger partial charge in [0.05, 0.1) is 13.1 Å². The van der Waals surface area contributed by atoms with Gasteiger partial charge in [-0.2, -0.15) is 5.10 Å². The van der Waals surface area contributed by atoms with E-state index in [0.29, 0.717) is 0 Å². The van der Waals surface area contributed by atoms with Crippen LogP contribution in [0.25, 0.3) is 0 Å². The zero-order valence-electron chi connectivity index (χ0n) is 11.9. The Kier molecular flexibility index (Phi) is 4.18. The standard InChI is InChI=1S/C13H14F2N6OS/c14-9-1-2-10(11(15)3-9)13(22,4-20-8-16-6-18-20)5-21-12(23)17-7-19-21/h1-2,6-9,22H,3-5H2,(H,17,19,23). The van der Waals surface area contributed by atoms with Gasteiger partial charge in [-0.3, -0.25) is 9.78 Å². The summed E-state index contributed by atoms with van der Waals surface area (Å²) in [6.07, 6.45) is 4.76. The van der Waals surface area contributed by atoms with E-state index < -0.39 is 24.0 Å². The minimum Gasteiger partial charge on any atom is -0.381 e. The van der Waals surface area contributed by atoms with E-state index in [2.05, 4.69) is 20.2 Å². The van der Waals surface area contributed by atoms with Crippen molar-refractivity contribution in [3.63, 3.8) is 0 Å². The van der Waals surface area contributed by atoms with E-state index in [1.807, 2.05) is 0 Å². The number of aromatic nitrogens is 6. The molecule has 0 aromatic carbocycles. The largest absolute Gasteiger partial charge is 0.381 e. The Balaban J connectivity index is 1.99. The summed E-state index contributed by atoms with van der Waals surface area (Å²) in [6.45, 7) is -0.159. The summed E-state index contributed by atoms with van der Waals surface area (Å²) >= 11 is 5.04. The van der Waals surface area contributed by atoms with Crippen molar-refractivity contribution in [1.82, 2.24) is 29.5 Å². The van der Waals surface area contributed by atoms with Gasteiger partial charge in [0.1, 0.15) is 36.6 Å². The van der Waals surface area contributed by atoms with Gasteiger partial charge in [-0.1, -0.05) is 6.08 Å². The van der Waals surface area contributed by atoms with Crippen molar-refractivity contribution in [2.45, 2.75) is 31.3 Å². The number of nitrogens with zero attached hydrogens (tertiary/aromatic N) is 5. The Morgan fingerprint density at radius 3 is 2.91 bits per heavy atom. The van der Waals surface area contributed by atoms with Crippen LogP contribution in [0.15, 0.2) is 42.5 Å². The summed E-state index contributed by atoms with van der Waals surface area (Å²) < 4.78 is 30.6. The zero-order valence-corrected chi connectivity index (χ0v) is 12.7. The van der Waals surface area contributed by atoms with Crippen molar-refractivity contribution >= 4 is 12.2 Å². The van der Waals surface area contributed by atoms with Crippen LogP contribution >= 0.6 is 12.2 Å². The fourth-order valence-corrected chi connectivity index (χ4v) is 2.67. The predicted molar refractivity (Wildman–Crippen MR) is 79.2 cm³/mol. The molecule has 23 heavy (non-hydrogen) atoms. The third-order valence-corrected chi connectivity index (χ3v) is 3.89. The average molecular weight is 340 g/mol. The maximum absolute atomic E-state index is 14.3. The highest BCUT2D eigenvalue weighted by Gasteiger charge is 2.37. The van der Waals surface area contributed by atoms with Crippen LogP contribution in [0, 0.1) is 4.77 Å². The molecule has 122 valence electrons. The number of nitrogens with one attached hydrogen (secondary N) is 1. The second-order valence-corrected chi connectivity index (χ2v) is 5.64. The Hall–Kier alpha value is -2.20. The van der Waals surface area contributed by atoms with Crippen molar-refractivity contribution in [3.8, 4) is 0 Å². The average Bonchev–Trinajstić information content (AvgIpc) is 3.11. The summed E-state index contributed by atoms with van der Waals surface area (Å²) in [7, 11) is 0. The van der Waals surface area contributed by atoms with Crippen LogP contribution in [0.5, 0.6) is 0 Å². The first kappa shape index (κ1) is 15.7. The van der Waals surface area contributed by atoms with Gasteiger partial charge in [0.15, 0.2) is 0 Å². The molecule has 2 heterocycles. The van der Waals surface area contributed by atoms with E-state index in [1.54, 1.807) is 0 Å². The SMILES string of the molecule is OC(Cn1cncn1)(Cn1[nH]cnc1=S)C1=C(F)CC(F)C=C1. The minimum absolute atomic E-state index is 0.00148. The molecule has 1 aliphatic carbocycles. The maximum Gasteiger partial charge on any atom is 0.215 e. The molecular weight excluding hydrogens is 326 g/mol. The molecule has 1 aliphatic rings. The highest BCUT2D eigenvalue weighted by molar-refractivity contribution is 7.71. The quantitative estimate of drug-likeness (QED) is 0.806. The van der Waals surface area contributed by atoms with Crippen LogP contribution in [0.2, 0.25) is 0 Å². The number of rotatable bonds is 5. The van der Waals surface area contributed by atoms with Crippen LogP contribution in [0.4, 0.5) is 8.78 Å². The van der Waals surface area contributed by atoms with Gasteiger partial charge in [-0.15, -0.1) is 0 Å². The minimum atomic E-state index is -1.70. The van der Waals surface area contributed by atoms with Crippen molar-refractivity contribution < 1.29 is 13.9 Å². The molecular formula is C13H14F2N6OS. The lowest BCUT2D eigenvalue weighted by molar-refractivity contribution is 0.0344. The molecule has 0 amide bonds. The highest BCUT2D eigenvalue weighted by Crippen LogP contribution is 2.32. The first-order valence-electron chi connectivity index (χ1n) is 6.84. The van der Waals surface area contributed by atoms with E-state index in [4.69, 9.17) is 12.2 Å². The summed E-state index contributed by atoms with van der Waals surface area (Å²) in [4.78, 5) is 7.67. The number of hydrogen-bond donors (Lipinski definition) is 2. The fraction of sp³-hybridized carbons (Fsp3) is 0.385. The highest BCUT2D eigenvalue weighted by atomic mass is 32.1. The van der Waals surface area contributed by atoms with E-state index in [9.17, 15) is 13.9 Å². The number of hydrogen-bond acceptors (Lipinski definition) is 5. The molecule has 2 atom stereocenters. The van der Waals surface area contributed by atoms with Gasteiger partial charge in [-0.25, -0.2) is 23.4 Å². The molecule has 0 radical (unpaired) electrons. The molecule has 3 rings (SSSR count). The topological polar surface area (TPSA) is 84.5 Å². The van der Waals surface area contributed by atoms with Gasteiger partial charge >= 0.3 is 0 Å².